The van der Waals surface area contributed by atoms with E-state index in [1.165, 1.54) is 25.7 Å². The fourth-order valence-corrected chi connectivity index (χ4v) is 6.85. The van der Waals surface area contributed by atoms with Gasteiger partial charge < -0.3 is 14.2 Å². The van der Waals surface area contributed by atoms with Gasteiger partial charge in [-0.1, -0.05) is 218 Å². The van der Waals surface area contributed by atoms with Crippen LogP contribution in [0.2, 0.25) is 0 Å². The molecule has 6 nitrogen and oxygen atoms in total. The van der Waals surface area contributed by atoms with Crippen LogP contribution in [0.3, 0.4) is 0 Å². The minimum atomic E-state index is -0.827. The molecule has 0 aliphatic carbocycles. The van der Waals surface area contributed by atoms with E-state index >= 15 is 0 Å². The van der Waals surface area contributed by atoms with Crippen LogP contribution >= 0.6 is 0 Å². The summed E-state index contributed by atoms with van der Waals surface area (Å²) in [6, 6.07) is 0. The number of allylic oxidation sites excluding steroid dienone is 24. The van der Waals surface area contributed by atoms with Crippen molar-refractivity contribution in [3.63, 3.8) is 0 Å². The van der Waals surface area contributed by atoms with Crippen molar-refractivity contribution < 1.29 is 28.6 Å². The summed E-state index contributed by atoms with van der Waals surface area (Å²) in [7, 11) is 0. The van der Waals surface area contributed by atoms with Gasteiger partial charge in [0.15, 0.2) is 6.10 Å². The fourth-order valence-electron chi connectivity index (χ4n) is 6.85. The lowest BCUT2D eigenvalue weighted by atomic mass is 10.1. The molecule has 0 aromatic heterocycles. The van der Waals surface area contributed by atoms with Crippen molar-refractivity contribution in [2.24, 2.45) is 0 Å². The quantitative estimate of drug-likeness (QED) is 0.0262. The Morgan fingerprint density at radius 1 is 0.290 bits per heavy atom. The minimum absolute atomic E-state index is 0.120. The van der Waals surface area contributed by atoms with E-state index in [0.717, 1.165) is 141 Å². The zero-order chi connectivity index (χ0) is 50.0. The lowest BCUT2D eigenvalue weighted by Crippen LogP contribution is -2.30. The van der Waals surface area contributed by atoms with Gasteiger partial charge in [-0.15, -0.1) is 0 Å². The van der Waals surface area contributed by atoms with Crippen molar-refractivity contribution in [3.8, 4) is 0 Å². The second-order valence-electron chi connectivity index (χ2n) is 17.3. The maximum absolute atomic E-state index is 12.8. The fraction of sp³-hybridized carbons (Fsp3) is 0.571. The zero-order valence-electron chi connectivity index (χ0n) is 44.0. The number of unbranched alkanes of at least 4 members (excludes halogenated alkanes) is 12. The summed E-state index contributed by atoms with van der Waals surface area (Å²) < 4.78 is 16.7. The average molecular weight is 951 g/mol. The highest BCUT2D eigenvalue weighted by atomic mass is 16.6. The van der Waals surface area contributed by atoms with Crippen LogP contribution in [0.25, 0.3) is 0 Å². The van der Waals surface area contributed by atoms with Crippen molar-refractivity contribution in [2.75, 3.05) is 13.2 Å². The first-order chi connectivity index (χ1) is 34.0. The summed E-state index contributed by atoms with van der Waals surface area (Å²) in [6.07, 6.45) is 79.9. The molecule has 0 aromatic carbocycles. The number of hydrogen-bond acceptors (Lipinski definition) is 6. The third-order valence-corrected chi connectivity index (χ3v) is 10.8. The molecule has 0 heterocycles. The third kappa shape index (κ3) is 54.1. The second kappa shape index (κ2) is 55.9. The van der Waals surface area contributed by atoms with Crippen molar-refractivity contribution in [3.05, 3.63) is 146 Å². The molecule has 0 saturated carbocycles. The van der Waals surface area contributed by atoms with E-state index < -0.39 is 6.10 Å². The highest BCUT2D eigenvalue weighted by Crippen LogP contribution is 2.13. The molecular formula is C63H98O6. The molecule has 69 heavy (non-hydrogen) atoms. The summed E-state index contributed by atoms with van der Waals surface area (Å²) in [5, 5.41) is 0. The first kappa shape index (κ1) is 64.3. The molecule has 386 valence electrons. The third-order valence-electron chi connectivity index (χ3n) is 10.8. The van der Waals surface area contributed by atoms with Gasteiger partial charge in [0.05, 0.1) is 0 Å². The number of rotatable bonds is 47. The van der Waals surface area contributed by atoms with Crippen LogP contribution in [0, 0.1) is 0 Å². The highest BCUT2D eigenvalue weighted by molar-refractivity contribution is 5.71. The molecule has 1 unspecified atom stereocenters. The molecule has 0 radical (unpaired) electrons. The first-order valence-corrected chi connectivity index (χ1v) is 27.3. The largest absolute Gasteiger partial charge is 0.462 e. The lowest BCUT2D eigenvalue weighted by molar-refractivity contribution is -0.166. The van der Waals surface area contributed by atoms with Crippen LogP contribution in [0.15, 0.2) is 146 Å². The molecule has 0 amide bonds. The summed E-state index contributed by atoms with van der Waals surface area (Å²) in [6.45, 7) is 6.19. The van der Waals surface area contributed by atoms with Gasteiger partial charge in [-0.2, -0.15) is 0 Å². The van der Waals surface area contributed by atoms with E-state index in [-0.39, 0.29) is 44.0 Å². The Morgan fingerprint density at radius 3 is 0.899 bits per heavy atom. The number of hydrogen-bond donors (Lipinski definition) is 0. The monoisotopic (exact) mass is 951 g/mol. The van der Waals surface area contributed by atoms with Gasteiger partial charge in [0, 0.05) is 19.3 Å². The van der Waals surface area contributed by atoms with Gasteiger partial charge in [-0.25, -0.2) is 0 Å². The summed E-state index contributed by atoms with van der Waals surface area (Å²) in [5.41, 5.74) is 0. The molecule has 0 aromatic rings. The van der Waals surface area contributed by atoms with Gasteiger partial charge in [0.2, 0.25) is 0 Å². The van der Waals surface area contributed by atoms with Crippen LogP contribution in [0.4, 0.5) is 0 Å². The number of carbonyl (C=O) groups excluding carboxylic acids is 3. The Bertz CT molecular complexity index is 1560. The first-order valence-electron chi connectivity index (χ1n) is 27.3. The summed E-state index contributed by atoms with van der Waals surface area (Å²) in [4.78, 5) is 38.1. The maximum atomic E-state index is 12.8. The van der Waals surface area contributed by atoms with Crippen molar-refractivity contribution >= 4 is 17.9 Å². The number of carbonyl (C=O) groups is 3. The van der Waals surface area contributed by atoms with E-state index in [1.807, 2.05) is 12.2 Å². The summed E-state index contributed by atoms with van der Waals surface area (Å²) in [5.74, 6) is -1.04. The lowest BCUT2D eigenvalue weighted by Gasteiger charge is -2.18. The van der Waals surface area contributed by atoms with Crippen LogP contribution in [0.1, 0.15) is 213 Å². The summed E-state index contributed by atoms with van der Waals surface area (Å²) >= 11 is 0. The molecule has 0 N–H and O–H groups in total. The average Bonchev–Trinajstić information content (AvgIpc) is 3.35. The molecule has 0 fully saturated rings. The van der Waals surface area contributed by atoms with Crippen LogP contribution in [-0.2, 0) is 28.6 Å². The Hall–Kier alpha value is -4.71. The number of ether oxygens (including phenoxy) is 3. The standard InChI is InChI=1S/C63H98O6/c1-4-7-10-13-16-19-22-25-27-29-31-33-35-38-41-44-47-50-53-56-62(65)68-59-60(58-67-61(64)55-52-49-46-43-40-37-24-21-18-15-12-9-6-3)69-63(66)57-54-51-48-45-42-39-36-34-32-30-28-26-23-20-17-14-11-8-5-2/h7-12,16-21,25-28,31-34,37,40,46,49,60H,4-6,13-15,22-24,29-30,35-36,38-39,41-45,47-48,50-59H2,1-3H3/b10-7-,11-8-,12-9-,19-16-,20-17-,21-18-,27-25-,28-26-,33-31-,34-32-,40-37-,49-46-. The topological polar surface area (TPSA) is 78.9 Å². The molecular weight excluding hydrogens is 853 g/mol. The van der Waals surface area contributed by atoms with Crippen molar-refractivity contribution in [1.82, 2.24) is 0 Å². The van der Waals surface area contributed by atoms with E-state index in [2.05, 4.69) is 154 Å². The second-order valence-corrected chi connectivity index (χ2v) is 17.3. The maximum Gasteiger partial charge on any atom is 0.306 e. The minimum Gasteiger partial charge on any atom is -0.462 e. The molecule has 0 bridgehead atoms. The van der Waals surface area contributed by atoms with Gasteiger partial charge in [-0.3, -0.25) is 14.4 Å². The molecule has 0 rings (SSSR count). The van der Waals surface area contributed by atoms with E-state index in [4.69, 9.17) is 14.2 Å². The Labute approximate surface area is 423 Å². The Morgan fingerprint density at radius 2 is 0.551 bits per heavy atom. The van der Waals surface area contributed by atoms with Gasteiger partial charge >= 0.3 is 17.9 Å². The van der Waals surface area contributed by atoms with Crippen LogP contribution < -0.4 is 0 Å². The molecule has 0 aliphatic heterocycles. The number of esters is 3. The zero-order valence-corrected chi connectivity index (χ0v) is 44.0. The van der Waals surface area contributed by atoms with Gasteiger partial charge in [0.25, 0.3) is 0 Å². The highest BCUT2D eigenvalue weighted by Gasteiger charge is 2.19. The van der Waals surface area contributed by atoms with E-state index in [9.17, 15) is 14.4 Å². The van der Waals surface area contributed by atoms with E-state index in [0.29, 0.717) is 12.8 Å². The Balaban J connectivity index is 4.52. The van der Waals surface area contributed by atoms with Crippen LogP contribution in [0.5, 0.6) is 0 Å². The van der Waals surface area contributed by atoms with Crippen molar-refractivity contribution in [2.45, 2.75) is 219 Å². The SMILES string of the molecule is CC/C=C\C/C=C\C/C=C\C/C=C\CCCCCCCCC(=O)OCC(COC(=O)CC/C=C\C/C=C\C/C=C\C/C=C\CC)OC(=O)CCCCCCCC/C=C\C/C=C\C/C=C\C/C=C\CC. The van der Waals surface area contributed by atoms with Gasteiger partial charge in [0.1, 0.15) is 13.2 Å². The molecule has 6 heteroatoms. The predicted molar refractivity (Wildman–Crippen MR) is 297 cm³/mol. The molecule has 1 atom stereocenters. The van der Waals surface area contributed by atoms with Gasteiger partial charge in [-0.05, 0) is 122 Å². The Kier molecular flexibility index (Phi) is 52.1. The van der Waals surface area contributed by atoms with Crippen molar-refractivity contribution in [1.29, 1.82) is 0 Å². The molecule has 0 spiro atoms. The smallest absolute Gasteiger partial charge is 0.306 e. The predicted octanol–water partition coefficient (Wildman–Crippen LogP) is 18.4. The molecule has 0 saturated heterocycles. The normalized spacial score (nSPS) is 13.3. The van der Waals surface area contributed by atoms with E-state index in [1.54, 1.807) is 0 Å². The molecule has 0 aliphatic rings. The van der Waals surface area contributed by atoms with Crippen LogP contribution in [-0.4, -0.2) is 37.2 Å².